The Morgan fingerprint density at radius 3 is 2.35 bits per heavy atom. The van der Waals surface area contributed by atoms with Crippen molar-refractivity contribution in [3.8, 4) is 6.07 Å². The van der Waals surface area contributed by atoms with Crippen molar-refractivity contribution in [2.75, 3.05) is 5.73 Å². The summed E-state index contributed by atoms with van der Waals surface area (Å²) in [4.78, 5) is 11.8. The Bertz CT molecular complexity index is 617. The molecule has 0 aliphatic rings. The molecule has 2 rings (SSSR count). The van der Waals surface area contributed by atoms with E-state index in [0.29, 0.717) is 11.3 Å². The number of amides is 1. The summed E-state index contributed by atoms with van der Waals surface area (Å²) < 4.78 is 0. The van der Waals surface area contributed by atoms with Gasteiger partial charge in [0.1, 0.15) is 6.04 Å². The van der Waals surface area contributed by atoms with Crippen molar-refractivity contribution in [3.63, 3.8) is 0 Å². The Morgan fingerprint density at radius 2 is 1.75 bits per heavy atom. The smallest absolute Gasteiger partial charge is 0.265 e. The predicted octanol–water partition coefficient (Wildman–Crippen LogP) is 1.77. The second-order valence-corrected chi connectivity index (χ2v) is 4.19. The standard InChI is InChI=1S/C15H14N4O/c16-10-14(11-6-8-13(17)9-7-11)18-19-15(20)12-4-2-1-3-5-12/h1-9,14,18H,17H2,(H,19,20)/t14-/m0/s1. The number of rotatable bonds is 4. The number of nitriles is 1. The highest BCUT2D eigenvalue weighted by molar-refractivity contribution is 5.93. The Balaban J connectivity index is 2.00. The van der Waals surface area contributed by atoms with Crippen LogP contribution in [0.3, 0.4) is 0 Å². The molecule has 0 heterocycles. The third-order valence-corrected chi connectivity index (χ3v) is 2.76. The van der Waals surface area contributed by atoms with Crippen LogP contribution in [0.5, 0.6) is 0 Å². The fourth-order valence-electron chi connectivity index (χ4n) is 1.68. The van der Waals surface area contributed by atoms with E-state index in [1.165, 1.54) is 0 Å². The average Bonchev–Trinajstić information content (AvgIpc) is 2.50. The van der Waals surface area contributed by atoms with Crippen LogP contribution in [-0.4, -0.2) is 5.91 Å². The molecular weight excluding hydrogens is 252 g/mol. The van der Waals surface area contributed by atoms with Gasteiger partial charge in [-0.2, -0.15) is 5.26 Å². The molecule has 5 nitrogen and oxygen atoms in total. The molecule has 0 aliphatic heterocycles. The number of hydrazine groups is 1. The van der Waals surface area contributed by atoms with Crippen LogP contribution in [0.2, 0.25) is 0 Å². The molecule has 0 bridgehead atoms. The highest BCUT2D eigenvalue weighted by atomic mass is 16.2. The number of hydrogen-bond donors (Lipinski definition) is 3. The second-order valence-electron chi connectivity index (χ2n) is 4.19. The number of carbonyl (C=O) groups is 1. The van der Waals surface area contributed by atoms with Crippen molar-refractivity contribution in [1.82, 2.24) is 10.9 Å². The minimum Gasteiger partial charge on any atom is -0.399 e. The highest BCUT2D eigenvalue weighted by Gasteiger charge is 2.11. The van der Waals surface area contributed by atoms with Gasteiger partial charge in [-0.3, -0.25) is 10.2 Å². The number of nitrogen functional groups attached to an aromatic ring is 1. The number of carbonyl (C=O) groups excluding carboxylic acids is 1. The van der Waals surface area contributed by atoms with E-state index in [-0.39, 0.29) is 5.91 Å². The number of anilines is 1. The number of hydrogen-bond acceptors (Lipinski definition) is 4. The first kappa shape index (κ1) is 13.6. The molecule has 2 aromatic carbocycles. The first-order chi connectivity index (χ1) is 9.70. The number of benzene rings is 2. The lowest BCUT2D eigenvalue weighted by Gasteiger charge is -2.13. The van der Waals surface area contributed by atoms with Gasteiger partial charge in [-0.05, 0) is 29.8 Å². The normalized spacial score (nSPS) is 11.3. The summed E-state index contributed by atoms with van der Waals surface area (Å²) in [7, 11) is 0. The minimum absolute atomic E-state index is 0.290. The molecule has 0 saturated heterocycles. The highest BCUT2D eigenvalue weighted by Crippen LogP contribution is 2.13. The number of nitrogens with zero attached hydrogens (tertiary/aromatic N) is 1. The maximum Gasteiger partial charge on any atom is 0.265 e. The van der Waals surface area contributed by atoms with Crippen LogP contribution in [0, 0.1) is 11.3 Å². The van der Waals surface area contributed by atoms with Gasteiger partial charge in [-0.1, -0.05) is 30.3 Å². The molecule has 0 saturated carbocycles. The molecule has 0 unspecified atom stereocenters. The maximum atomic E-state index is 11.8. The van der Waals surface area contributed by atoms with Gasteiger partial charge in [0.05, 0.1) is 6.07 Å². The third kappa shape index (κ3) is 3.34. The van der Waals surface area contributed by atoms with Gasteiger partial charge < -0.3 is 5.73 Å². The fourth-order valence-corrected chi connectivity index (χ4v) is 1.68. The zero-order chi connectivity index (χ0) is 14.4. The lowest BCUT2D eigenvalue weighted by Crippen LogP contribution is -2.39. The van der Waals surface area contributed by atoms with Gasteiger partial charge in [0, 0.05) is 11.3 Å². The van der Waals surface area contributed by atoms with Crippen molar-refractivity contribution in [1.29, 1.82) is 5.26 Å². The lowest BCUT2D eigenvalue weighted by atomic mass is 10.1. The van der Waals surface area contributed by atoms with Crippen LogP contribution in [0.25, 0.3) is 0 Å². The molecule has 2 aromatic rings. The Hall–Kier alpha value is -2.84. The van der Waals surface area contributed by atoms with E-state index >= 15 is 0 Å². The molecule has 1 amide bonds. The van der Waals surface area contributed by atoms with Crippen molar-refractivity contribution >= 4 is 11.6 Å². The van der Waals surface area contributed by atoms with E-state index in [0.717, 1.165) is 5.56 Å². The van der Waals surface area contributed by atoms with Crippen molar-refractivity contribution in [2.24, 2.45) is 0 Å². The monoisotopic (exact) mass is 266 g/mol. The van der Waals surface area contributed by atoms with E-state index in [4.69, 9.17) is 11.0 Å². The quantitative estimate of drug-likeness (QED) is 0.581. The minimum atomic E-state index is -0.636. The largest absolute Gasteiger partial charge is 0.399 e. The van der Waals surface area contributed by atoms with E-state index in [9.17, 15) is 4.79 Å². The summed E-state index contributed by atoms with van der Waals surface area (Å²) >= 11 is 0. The summed E-state index contributed by atoms with van der Waals surface area (Å²) in [5, 5.41) is 9.14. The zero-order valence-corrected chi connectivity index (χ0v) is 10.7. The Labute approximate surface area is 117 Å². The van der Waals surface area contributed by atoms with Crippen LogP contribution in [0.4, 0.5) is 5.69 Å². The van der Waals surface area contributed by atoms with Gasteiger partial charge in [0.2, 0.25) is 0 Å². The molecule has 0 radical (unpaired) electrons. The van der Waals surface area contributed by atoms with E-state index in [1.807, 2.05) is 6.07 Å². The molecule has 0 aromatic heterocycles. The summed E-state index contributed by atoms with van der Waals surface area (Å²) in [5.74, 6) is -0.290. The molecule has 0 fully saturated rings. The maximum absolute atomic E-state index is 11.8. The van der Waals surface area contributed by atoms with Crippen LogP contribution < -0.4 is 16.6 Å². The summed E-state index contributed by atoms with van der Waals surface area (Å²) in [6.07, 6.45) is 0. The number of nitrogens with one attached hydrogen (secondary N) is 2. The molecule has 100 valence electrons. The van der Waals surface area contributed by atoms with E-state index in [2.05, 4.69) is 16.9 Å². The van der Waals surface area contributed by atoms with Gasteiger partial charge >= 0.3 is 0 Å². The van der Waals surface area contributed by atoms with Crippen molar-refractivity contribution in [2.45, 2.75) is 6.04 Å². The molecule has 0 aliphatic carbocycles. The van der Waals surface area contributed by atoms with Gasteiger partial charge in [0.15, 0.2) is 0 Å². The predicted molar refractivity (Wildman–Crippen MR) is 76.3 cm³/mol. The van der Waals surface area contributed by atoms with Crippen LogP contribution >= 0.6 is 0 Å². The SMILES string of the molecule is N#C[C@H](NNC(=O)c1ccccc1)c1ccc(N)cc1. The molecule has 1 atom stereocenters. The fraction of sp³-hybridized carbons (Fsp3) is 0.0667. The van der Waals surface area contributed by atoms with E-state index < -0.39 is 6.04 Å². The third-order valence-electron chi connectivity index (χ3n) is 2.76. The van der Waals surface area contributed by atoms with Crippen molar-refractivity contribution < 1.29 is 4.79 Å². The van der Waals surface area contributed by atoms with Crippen molar-refractivity contribution in [3.05, 3.63) is 65.7 Å². The van der Waals surface area contributed by atoms with E-state index in [1.54, 1.807) is 48.5 Å². The Kier molecular flexibility index (Phi) is 4.32. The van der Waals surface area contributed by atoms with Crippen LogP contribution in [-0.2, 0) is 0 Å². The molecule has 20 heavy (non-hydrogen) atoms. The van der Waals surface area contributed by atoms with Gasteiger partial charge in [0.25, 0.3) is 5.91 Å². The average molecular weight is 266 g/mol. The molecule has 5 heteroatoms. The van der Waals surface area contributed by atoms with Crippen LogP contribution in [0.1, 0.15) is 22.0 Å². The number of nitrogens with two attached hydrogens (primary N) is 1. The summed E-state index contributed by atoms with van der Waals surface area (Å²) in [6, 6.07) is 17.1. The van der Waals surface area contributed by atoms with Gasteiger partial charge in [-0.15, -0.1) is 0 Å². The molecular formula is C15H14N4O. The molecule has 0 spiro atoms. The molecule has 4 N–H and O–H groups in total. The summed E-state index contributed by atoms with van der Waals surface area (Å²) in [6.45, 7) is 0. The first-order valence-electron chi connectivity index (χ1n) is 6.06. The zero-order valence-electron chi connectivity index (χ0n) is 10.7. The second kappa shape index (κ2) is 6.36. The van der Waals surface area contributed by atoms with Crippen LogP contribution in [0.15, 0.2) is 54.6 Å². The first-order valence-corrected chi connectivity index (χ1v) is 6.06. The topological polar surface area (TPSA) is 90.9 Å². The Morgan fingerprint density at radius 1 is 1.10 bits per heavy atom. The van der Waals surface area contributed by atoms with Gasteiger partial charge in [-0.25, -0.2) is 5.43 Å². The summed E-state index contributed by atoms with van der Waals surface area (Å²) in [5.41, 5.74) is 12.7. The lowest BCUT2D eigenvalue weighted by molar-refractivity contribution is 0.0929.